The van der Waals surface area contributed by atoms with E-state index in [0.717, 1.165) is 0 Å². The summed E-state index contributed by atoms with van der Waals surface area (Å²) in [6.45, 7) is 1.77. The summed E-state index contributed by atoms with van der Waals surface area (Å²) < 4.78 is 5.70. The number of aromatic nitrogens is 1. The van der Waals surface area contributed by atoms with Crippen LogP contribution < -0.4 is 10.6 Å². The number of rotatable bonds is 7. The first-order valence-electron chi connectivity index (χ1n) is 9.04. The minimum absolute atomic E-state index is 0.0889. The van der Waals surface area contributed by atoms with E-state index in [1.807, 2.05) is 0 Å². The maximum absolute atomic E-state index is 12.2. The van der Waals surface area contributed by atoms with Crippen molar-refractivity contribution in [2.75, 3.05) is 10.6 Å². The van der Waals surface area contributed by atoms with E-state index in [2.05, 4.69) is 15.6 Å². The van der Waals surface area contributed by atoms with Gasteiger partial charge in [-0.2, -0.15) is 0 Å². The maximum atomic E-state index is 12.2. The molecule has 8 heteroatoms. The normalized spacial score (nSPS) is 10.6. The van der Waals surface area contributed by atoms with Gasteiger partial charge < -0.3 is 15.1 Å². The average molecular weight is 432 g/mol. The molecule has 0 spiro atoms. The smallest absolute Gasteiger partial charge is 0.224 e. The lowest BCUT2D eigenvalue weighted by molar-refractivity contribution is -0.116. The van der Waals surface area contributed by atoms with Crippen molar-refractivity contribution in [3.8, 4) is 11.3 Å². The summed E-state index contributed by atoms with van der Waals surface area (Å²) in [6.07, 6.45) is 2.49. The van der Waals surface area contributed by atoms with Crippen molar-refractivity contribution in [3.05, 3.63) is 64.6 Å². The van der Waals surface area contributed by atoms with E-state index in [1.54, 1.807) is 55.6 Å². The third kappa shape index (κ3) is 5.82. The Bertz CT molecular complexity index is 1030. The van der Waals surface area contributed by atoms with E-state index in [9.17, 15) is 9.59 Å². The molecule has 1 heterocycles. The number of halogens is 2. The molecule has 3 aromatic rings. The molecule has 0 bridgehead atoms. The van der Waals surface area contributed by atoms with Crippen LogP contribution in [0.3, 0.4) is 0 Å². The van der Waals surface area contributed by atoms with Gasteiger partial charge >= 0.3 is 0 Å². The van der Waals surface area contributed by atoms with Gasteiger partial charge in [-0.05, 0) is 36.4 Å². The van der Waals surface area contributed by atoms with Crippen molar-refractivity contribution in [1.29, 1.82) is 0 Å². The van der Waals surface area contributed by atoms with Crippen molar-refractivity contribution in [2.24, 2.45) is 0 Å². The molecule has 0 aliphatic heterocycles. The van der Waals surface area contributed by atoms with Gasteiger partial charge in [0.05, 0.1) is 11.2 Å². The molecule has 0 radical (unpaired) electrons. The molecule has 1 aromatic heterocycles. The minimum atomic E-state index is -0.187. The molecule has 3 rings (SSSR count). The zero-order valence-corrected chi connectivity index (χ0v) is 17.2. The number of hydrogen-bond acceptors (Lipinski definition) is 4. The summed E-state index contributed by atoms with van der Waals surface area (Å²) in [7, 11) is 0. The van der Waals surface area contributed by atoms with Crippen LogP contribution in [0.2, 0.25) is 10.0 Å². The molecule has 0 aliphatic carbocycles. The van der Waals surface area contributed by atoms with Crippen LogP contribution in [0.1, 0.15) is 25.7 Å². The topological polar surface area (TPSA) is 84.2 Å². The Hall–Kier alpha value is -2.83. The minimum Gasteiger partial charge on any atom is -0.441 e. The molecule has 2 amide bonds. The summed E-state index contributed by atoms with van der Waals surface area (Å²) in [5.74, 6) is 0.675. The Kier molecular flexibility index (Phi) is 6.90. The van der Waals surface area contributed by atoms with Gasteiger partial charge in [-0.25, -0.2) is 4.98 Å². The van der Waals surface area contributed by atoms with Crippen LogP contribution >= 0.6 is 23.2 Å². The molecule has 0 aliphatic rings. The first kappa shape index (κ1) is 20.9. The van der Waals surface area contributed by atoms with Crippen molar-refractivity contribution in [1.82, 2.24) is 4.98 Å². The number of carbonyl (C=O) groups is 2. The van der Waals surface area contributed by atoms with Gasteiger partial charge in [0, 0.05) is 41.2 Å². The highest BCUT2D eigenvalue weighted by atomic mass is 35.5. The zero-order chi connectivity index (χ0) is 20.8. The fraction of sp³-hybridized carbons (Fsp3) is 0.190. The number of anilines is 2. The third-order valence-corrected chi connectivity index (χ3v) is 4.62. The van der Waals surface area contributed by atoms with Crippen molar-refractivity contribution < 1.29 is 14.0 Å². The summed E-state index contributed by atoms with van der Waals surface area (Å²) in [6, 6.07) is 12.1. The highest BCUT2D eigenvalue weighted by Crippen LogP contribution is 2.30. The van der Waals surface area contributed by atoms with E-state index in [0.29, 0.717) is 51.5 Å². The van der Waals surface area contributed by atoms with E-state index in [1.165, 1.54) is 0 Å². The number of amides is 2. The number of carbonyl (C=O) groups excluding carboxylic acids is 2. The summed E-state index contributed by atoms with van der Waals surface area (Å²) in [4.78, 5) is 27.9. The van der Waals surface area contributed by atoms with Crippen LogP contribution in [-0.2, 0) is 16.0 Å². The molecule has 0 saturated heterocycles. The van der Waals surface area contributed by atoms with Crippen LogP contribution in [0, 0.1) is 0 Å². The fourth-order valence-electron chi connectivity index (χ4n) is 2.61. The molecule has 2 aromatic carbocycles. The van der Waals surface area contributed by atoms with E-state index >= 15 is 0 Å². The zero-order valence-electron chi connectivity index (χ0n) is 15.7. The van der Waals surface area contributed by atoms with Crippen LogP contribution in [-0.4, -0.2) is 16.8 Å². The molecule has 2 N–H and O–H groups in total. The lowest BCUT2D eigenvalue weighted by atomic mass is 10.2. The Labute approximate surface area is 178 Å². The standard InChI is InChI=1S/C21H19Cl2N3O3/c1-2-19(27)25-14-4-3-5-15(11-14)26-20(28)8-9-21-24-12-18(29-21)16-7-6-13(22)10-17(16)23/h3-7,10-12H,2,8-9H2,1H3,(H,25,27)(H,26,28). The highest BCUT2D eigenvalue weighted by Gasteiger charge is 2.12. The van der Waals surface area contributed by atoms with Gasteiger partial charge in [-0.15, -0.1) is 0 Å². The Morgan fingerprint density at radius 2 is 1.76 bits per heavy atom. The van der Waals surface area contributed by atoms with Crippen molar-refractivity contribution in [3.63, 3.8) is 0 Å². The second-order valence-corrected chi connectivity index (χ2v) is 7.12. The predicted molar refractivity (Wildman–Crippen MR) is 114 cm³/mol. The Morgan fingerprint density at radius 3 is 2.45 bits per heavy atom. The van der Waals surface area contributed by atoms with Gasteiger partial charge in [0.15, 0.2) is 11.7 Å². The van der Waals surface area contributed by atoms with Gasteiger partial charge in [-0.1, -0.05) is 36.2 Å². The number of hydrogen-bond donors (Lipinski definition) is 2. The number of nitrogens with one attached hydrogen (secondary N) is 2. The number of oxazole rings is 1. The monoisotopic (exact) mass is 431 g/mol. The van der Waals surface area contributed by atoms with Gasteiger partial charge in [-0.3, -0.25) is 9.59 Å². The van der Waals surface area contributed by atoms with Crippen LogP contribution in [0.4, 0.5) is 11.4 Å². The molecule has 29 heavy (non-hydrogen) atoms. The van der Waals surface area contributed by atoms with Gasteiger partial charge in [0.1, 0.15) is 0 Å². The molecular formula is C21H19Cl2N3O3. The summed E-state index contributed by atoms with van der Waals surface area (Å²) in [5, 5.41) is 6.56. The summed E-state index contributed by atoms with van der Waals surface area (Å²) >= 11 is 12.1. The fourth-order valence-corrected chi connectivity index (χ4v) is 3.11. The second-order valence-electron chi connectivity index (χ2n) is 6.27. The average Bonchev–Trinajstić information content (AvgIpc) is 3.15. The summed E-state index contributed by atoms with van der Waals surface area (Å²) in [5.41, 5.74) is 1.92. The molecule has 6 nitrogen and oxygen atoms in total. The first-order valence-corrected chi connectivity index (χ1v) is 9.80. The molecule has 0 saturated carbocycles. The highest BCUT2D eigenvalue weighted by molar-refractivity contribution is 6.36. The number of aryl methyl sites for hydroxylation is 1. The number of benzene rings is 2. The van der Waals surface area contributed by atoms with Crippen LogP contribution in [0.25, 0.3) is 11.3 Å². The maximum Gasteiger partial charge on any atom is 0.224 e. The van der Waals surface area contributed by atoms with Crippen molar-refractivity contribution in [2.45, 2.75) is 26.2 Å². The van der Waals surface area contributed by atoms with E-state index < -0.39 is 0 Å². The Balaban J connectivity index is 1.57. The lowest BCUT2D eigenvalue weighted by Crippen LogP contribution is -2.13. The lowest BCUT2D eigenvalue weighted by Gasteiger charge is -2.08. The van der Waals surface area contributed by atoms with Gasteiger partial charge in [0.25, 0.3) is 0 Å². The van der Waals surface area contributed by atoms with E-state index in [4.69, 9.17) is 27.6 Å². The molecule has 0 fully saturated rings. The number of nitrogens with zero attached hydrogens (tertiary/aromatic N) is 1. The predicted octanol–water partition coefficient (Wildman–Crippen LogP) is 5.57. The third-order valence-electron chi connectivity index (χ3n) is 4.07. The van der Waals surface area contributed by atoms with Gasteiger partial charge in [0.2, 0.25) is 11.8 Å². The molecular weight excluding hydrogens is 413 g/mol. The second kappa shape index (κ2) is 9.58. The quantitative estimate of drug-likeness (QED) is 0.511. The molecule has 150 valence electrons. The largest absolute Gasteiger partial charge is 0.441 e. The van der Waals surface area contributed by atoms with Crippen molar-refractivity contribution >= 4 is 46.4 Å². The van der Waals surface area contributed by atoms with E-state index in [-0.39, 0.29) is 18.2 Å². The SMILES string of the molecule is CCC(=O)Nc1cccc(NC(=O)CCc2ncc(-c3ccc(Cl)cc3Cl)o2)c1. The molecule has 0 unspecified atom stereocenters. The van der Waals surface area contributed by atoms with Crippen LogP contribution in [0.5, 0.6) is 0 Å². The van der Waals surface area contributed by atoms with Crippen LogP contribution in [0.15, 0.2) is 53.1 Å². The first-order chi connectivity index (χ1) is 13.9. The Morgan fingerprint density at radius 1 is 1.03 bits per heavy atom. The molecule has 0 atom stereocenters.